The van der Waals surface area contributed by atoms with Crippen LogP contribution in [0.5, 0.6) is 0 Å². The molecule has 0 radical (unpaired) electrons. The third-order valence-corrected chi connectivity index (χ3v) is 12.1. The molecule has 0 saturated carbocycles. The maximum absolute atomic E-state index is 5.69. The van der Waals surface area contributed by atoms with Crippen molar-refractivity contribution >= 4 is 59.3 Å². The largest absolute Gasteiger partial charge is 0.425 e. The van der Waals surface area contributed by atoms with Crippen molar-refractivity contribution in [2.24, 2.45) is 0 Å². The van der Waals surface area contributed by atoms with Crippen LogP contribution in [-0.4, -0.2) is 59.3 Å². The second-order valence-electron chi connectivity index (χ2n) is 2.96. The number of rotatable bonds is 2. The van der Waals surface area contributed by atoms with E-state index in [9.17, 15) is 0 Å². The summed E-state index contributed by atoms with van der Waals surface area (Å²) >= 11 is 0. The summed E-state index contributed by atoms with van der Waals surface area (Å²) in [4.78, 5) is 0. The lowest BCUT2D eigenvalue weighted by molar-refractivity contribution is 0.334. The van der Waals surface area contributed by atoms with E-state index in [-0.39, 0.29) is 0 Å². The second-order valence-corrected chi connectivity index (χ2v) is 14.8. The Labute approximate surface area is 103 Å². The highest BCUT2D eigenvalue weighted by Gasteiger charge is 2.12. The quantitative estimate of drug-likeness (QED) is 0.481. The Hall–Kier alpha value is 1.06. The van der Waals surface area contributed by atoms with Crippen molar-refractivity contribution in [2.75, 3.05) is 0 Å². The van der Waals surface area contributed by atoms with Gasteiger partial charge in [-0.25, -0.2) is 0 Å². The molecule has 0 aliphatic carbocycles. The van der Waals surface area contributed by atoms with Gasteiger partial charge in [0.05, 0.1) is 0 Å². The Bertz CT molecular complexity index is 139. The minimum atomic E-state index is -1.47. The Balaban J connectivity index is 2.19. The number of hydrogen-bond donors (Lipinski definition) is 0. The van der Waals surface area contributed by atoms with Gasteiger partial charge in [-0.05, 0) is 6.04 Å². The molecule has 0 amide bonds. The van der Waals surface area contributed by atoms with Gasteiger partial charge in [0.1, 0.15) is 0 Å². The van der Waals surface area contributed by atoms with Crippen LogP contribution in [0.25, 0.3) is 0 Å². The minimum Gasteiger partial charge on any atom is -0.425 e. The first kappa shape index (κ1) is 14.1. The van der Waals surface area contributed by atoms with Crippen molar-refractivity contribution in [3.8, 4) is 0 Å². The molecule has 1 saturated heterocycles. The van der Waals surface area contributed by atoms with Gasteiger partial charge in [-0.3, -0.25) is 0 Å². The molecule has 90 valence electrons. The van der Waals surface area contributed by atoms with Crippen LogP contribution in [0.4, 0.5) is 0 Å². The van der Waals surface area contributed by atoms with Gasteiger partial charge in [-0.15, -0.1) is 0 Å². The van der Waals surface area contributed by atoms with Crippen LogP contribution in [0.1, 0.15) is 13.3 Å². The summed E-state index contributed by atoms with van der Waals surface area (Å²) in [6.45, 7) is 2.14. The fraction of sp³-hybridized carbons (Fsp3) is 1.00. The highest BCUT2D eigenvalue weighted by molar-refractivity contribution is 6.59. The zero-order valence-electron chi connectivity index (χ0n) is 8.98. The Kier molecular flexibility index (Phi) is 9.63. The van der Waals surface area contributed by atoms with Crippen LogP contribution >= 0.6 is 0 Å². The van der Waals surface area contributed by atoms with Crippen LogP contribution in [0.2, 0.25) is 6.04 Å². The molecule has 0 aromatic carbocycles. The van der Waals surface area contributed by atoms with E-state index in [1.807, 2.05) is 0 Å². The first-order chi connectivity index (χ1) is 7.43. The molecule has 1 heterocycles. The summed E-state index contributed by atoms with van der Waals surface area (Å²) < 4.78 is 32.9. The van der Waals surface area contributed by atoms with Crippen LogP contribution in [-0.2, 0) is 24.7 Å². The maximum Gasteiger partial charge on any atom is 0.303 e. The average Bonchev–Trinajstić information content (AvgIpc) is 2.22. The molecule has 1 aliphatic heterocycles. The number of hydrogen-bond acceptors (Lipinski definition) is 6. The highest BCUT2D eigenvalue weighted by Crippen LogP contribution is 2.00. The lowest BCUT2D eigenvalue weighted by atomic mass is 10.6. The van der Waals surface area contributed by atoms with Crippen molar-refractivity contribution < 1.29 is 24.7 Å². The molecule has 0 spiro atoms. The lowest BCUT2D eigenvalue weighted by Gasteiger charge is -2.18. The van der Waals surface area contributed by atoms with Crippen LogP contribution in [0.3, 0.4) is 0 Å². The second kappa shape index (κ2) is 10.2. The third-order valence-electron chi connectivity index (χ3n) is 1.70. The summed E-state index contributed by atoms with van der Waals surface area (Å²) in [5.74, 6) is 0. The molecule has 0 atom stereocenters. The van der Waals surface area contributed by atoms with Crippen molar-refractivity contribution in [2.45, 2.75) is 19.4 Å². The Morgan fingerprint density at radius 1 is 0.800 bits per heavy atom. The predicted octanol–water partition coefficient (Wildman–Crippen LogP) is -4.28. The molecule has 6 nitrogen and oxygen atoms in total. The Morgan fingerprint density at radius 3 is 1.73 bits per heavy atom. The fourth-order valence-corrected chi connectivity index (χ4v) is 13.5. The van der Waals surface area contributed by atoms with Crippen molar-refractivity contribution in [1.82, 2.24) is 0 Å². The highest BCUT2D eigenvalue weighted by atomic mass is 28.4. The van der Waals surface area contributed by atoms with Gasteiger partial charge in [0, 0.05) is 0 Å². The molecule has 0 unspecified atom stereocenters. The van der Waals surface area contributed by atoms with Gasteiger partial charge in [0.25, 0.3) is 50.0 Å². The molecule has 1 rings (SSSR count). The van der Waals surface area contributed by atoms with Gasteiger partial charge < -0.3 is 24.7 Å². The molecule has 0 bridgehead atoms. The van der Waals surface area contributed by atoms with Gasteiger partial charge in [-0.2, -0.15) is 0 Å². The molecule has 0 aromatic rings. The van der Waals surface area contributed by atoms with Crippen molar-refractivity contribution in [3.63, 3.8) is 0 Å². The normalized spacial score (nSPS) is 34.6. The summed E-state index contributed by atoms with van der Waals surface area (Å²) in [7, 11) is -5.67. The summed E-state index contributed by atoms with van der Waals surface area (Å²) in [6, 6.07) is 1.05. The standard InChI is InChI=1S/C3H18O6Si6/c1-2-3-15-8-13-6-11-4-10-5-12-7-14-9-15/h15H,2-3,10-14H2,1H3. The van der Waals surface area contributed by atoms with E-state index < -0.39 is 59.3 Å². The smallest absolute Gasteiger partial charge is 0.303 e. The molecule has 12 heteroatoms. The molecular weight excluding hydrogens is 301 g/mol. The van der Waals surface area contributed by atoms with E-state index in [0.717, 1.165) is 12.5 Å². The van der Waals surface area contributed by atoms with E-state index in [4.69, 9.17) is 24.7 Å². The SMILES string of the molecule is CCC[SiH]1O[SiH2]O[SiH2]O[SiH2]O[SiH2]O[SiH2]O1. The van der Waals surface area contributed by atoms with Gasteiger partial charge in [0.15, 0.2) is 0 Å². The summed E-state index contributed by atoms with van der Waals surface area (Å²) in [6.07, 6.45) is 1.11. The third kappa shape index (κ3) is 7.88. The van der Waals surface area contributed by atoms with Gasteiger partial charge in [0.2, 0.25) is 0 Å². The van der Waals surface area contributed by atoms with Crippen LogP contribution in [0.15, 0.2) is 0 Å². The Morgan fingerprint density at radius 2 is 1.27 bits per heavy atom. The average molecular weight is 319 g/mol. The van der Waals surface area contributed by atoms with Crippen LogP contribution < -0.4 is 0 Å². The van der Waals surface area contributed by atoms with Gasteiger partial charge >= 0.3 is 9.28 Å². The molecule has 0 N–H and O–H groups in total. The van der Waals surface area contributed by atoms with E-state index in [1.165, 1.54) is 0 Å². The fourth-order valence-electron chi connectivity index (χ4n) is 1.01. The van der Waals surface area contributed by atoms with Crippen molar-refractivity contribution in [3.05, 3.63) is 0 Å². The molecule has 1 aliphatic rings. The molecular formula is C3H18O6Si6. The van der Waals surface area contributed by atoms with E-state index in [0.29, 0.717) is 0 Å². The van der Waals surface area contributed by atoms with Crippen LogP contribution in [0, 0.1) is 0 Å². The van der Waals surface area contributed by atoms with Gasteiger partial charge in [-0.1, -0.05) is 13.3 Å². The molecule has 0 aromatic heterocycles. The maximum atomic E-state index is 5.69. The molecule has 15 heavy (non-hydrogen) atoms. The topological polar surface area (TPSA) is 55.4 Å². The van der Waals surface area contributed by atoms with E-state index in [2.05, 4.69) is 6.92 Å². The first-order valence-corrected chi connectivity index (χ1v) is 12.5. The molecule has 1 fully saturated rings. The van der Waals surface area contributed by atoms with Crippen molar-refractivity contribution in [1.29, 1.82) is 0 Å². The zero-order valence-corrected chi connectivity index (χ0v) is 17.2. The lowest BCUT2D eigenvalue weighted by Crippen LogP contribution is -2.31. The van der Waals surface area contributed by atoms with E-state index >= 15 is 0 Å². The zero-order chi connectivity index (χ0) is 10.8. The summed E-state index contributed by atoms with van der Waals surface area (Å²) in [5, 5.41) is 0. The monoisotopic (exact) mass is 318 g/mol. The predicted molar refractivity (Wildman–Crippen MR) is 71.5 cm³/mol. The first-order valence-electron chi connectivity index (χ1n) is 4.97. The van der Waals surface area contributed by atoms with E-state index in [1.54, 1.807) is 0 Å². The minimum absolute atomic E-state index is 0.817. The summed E-state index contributed by atoms with van der Waals surface area (Å²) in [5.41, 5.74) is 0.